The third kappa shape index (κ3) is 2.10. The van der Waals surface area contributed by atoms with Crippen molar-refractivity contribution in [3.63, 3.8) is 0 Å². The summed E-state index contributed by atoms with van der Waals surface area (Å²) < 4.78 is 6.57. The molecule has 0 radical (unpaired) electrons. The fraction of sp³-hybridized carbons (Fsp3) is 0.444. The largest absolute Gasteiger partial charge is 0.383 e. The summed E-state index contributed by atoms with van der Waals surface area (Å²) >= 11 is 0. The predicted molar refractivity (Wildman–Crippen MR) is 55.1 cm³/mol. The molecule has 16 heavy (non-hydrogen) atoms. The molecule has 0 unspecified atom stereocenters. The molecule has 3 N–H and O–H groups in total. The third-order valence-corrected chi connectivity index (χ3v) is 2.11. The van der Waals surface area contributed by atoms with Crippen LogP contribution in [0.4, 0.5) is 0 Å². The molecule has 0 bridgehead atoms. The summed E-state index contributed by atoms with van der Waals surface area (Å²) in [6.45, 7) is 0.364. The second-order valence-electron chi connectivity index (χ2n) is 3.42. The first-order valence-corrected chi connectivity index (χ1v) is 4.92. The number of hydrogen-bond acceptors (Lipinski definition) is 6. The Balaban J connectivity index is 2.19. The zero-order valence-corrected chi connectivity index (χ0v) is 8.87. The Hall–Kier alpha value is -1.73. The highest BCUT2D eigenvalue weighted by Gasteiger charge is 2.17. The van der Waals surface area contributed by atoms with Crippen LogP contribution in [0.5, 0.6) is 0 Å². The smallest absolute Gasteiger partial charge is 0.255 e. The highest BCUT2D eigenvalue weighted by Crippen LogP contribution is 2.18. The Labute approximate surface area is 91.9 Å². The van der Waals surface area contributed by atoms with Crippen LogP contribution in [0, 0.1) is 0 Å². The minimum absolute atomic E-state index is 0.172. The lowest BCUT2D eigenvalue weighted by Gasteiger charge is -2.00. The molecule has 86 valence electrons. The van der Waals surface area contributed by atoms with Gasteiger partial charge in [-0.1, -0.05) is 5.16 Å². The number of nitrogens with zero attached hydrogens (tertiary/aromatic N) is 4. The van der Waals surface area contributed by atoms with Crippen LogP contribution in [0.15, 0.2) is 16.8 Å². The molecule has 0 saturated carbocycles. The number of aliphatic hydroxyl groups excluding tert-OH is 1. The molecule has 0 amide bonds. The molecule has 2 aromatic heterocycles. The Kier molecular flexibility index (Phi) is 2.97. The normalized spacial score (nSPS) is 12.9. The number of nitrogens with two attached hydrogens (primary N) is 1. The van der Waals surface area contributed by atoms with E-state index in [0.717, 1.165) is 0 Å². The van der Waals surface area contributed by atoms with Gasteiger partial charge in [0, 0.05) is 13.2 Å². The highest BCUT2D eigenvalue weighted by molar-refractivity contribution is 5.46. The molecule has 2 aromatic rings. The maximum atomic E-state index is 9.58. The van der Waals surface area contributed by atoms with E-state index in [9.17, 15) is 5.11 Å². The van der Waals surface area contributed by atoms with Crippen molar-refractivity contribution in [2.45, 2.75) is 12.5 Å². The SMILES string of the molecule is Cn1ccc(-c2noc([C@@H](O)CCN)n2)n1. The maximum Gasteiger partial charge on any atom is 0.255 e. The lowest BCUT2D eigenvalue weighted by Crippen LogP contribution is -2.06. The van der Waals surface area contributed by atoms with E-state index in [2.05, 4.69) is 15.2 Å². The molecular weight excluding hydrogens is 210 g/mol. The number of rotatable bonds is 4. The van der Waals surface area contributed by atoms with E-state index in [0.29, 0.717) is 24.5 Å². The van der Waals surface area contributed by atoms with Crippen molar-refractivity contribution in [3.05, 3.63) is 18.2 Å². The quantitative estimate of drug-likeness (QED) is 0.747. The lowest BCUT2D eigenvalue weighted by atomic mass is 10.2. The molecule has 2 rings (SSSR count). The van der Waals surface area contributed by atoms with Crippen molar-refractivity contribution in [1.82, 2.24) is 19.9 Å². The van der Waals surface area contributed by atoms with Gasteiger partial charge in [0.25, 0.3) is 5.89 Å². The van der Waals surface area contributed by atoms with Gasteiger partial charge < -0.3 is 15.4 Å². The van der Waals surface area contributed by atoms with Gasteiger partial charge in [0.2, 0.25) is 5.82 Å². The molecule has 2 heterocycles. The van der Waals surface area contributed by atoms with E-state index in [1.165, 1.54) is 0 Å². The topological polar surface area (TPSA) is 103 Å². The Morgan fingerprint density at radius 2 is 2.44 bits per heavy atom. The van der Waals surface area contributed by atoms with Crippen LogP contribution in [0.2, 0.25) is 0 Å². The van der Waals surface area contributed by atoms with E-state index in [1.807, 2.05) is 0 Å². The van der Waals surface area contributed by atoms with Gasteiger partial charge in [-0.2, -0.15) is 10.1 Å². The molecular formula is C9H13N5O2. The van der Waals surface area contributed by atoms with Gasteiger partial charge in [0.05, 0.1) is 0 Å². The average Bonchev–Trinajstić information content (AvgIpc) is 2.85. The van der Waals surface area contributed by atoms with Crippen LogP contribution in [-0.2, 0) is 7.05 Å². The molecule has 7 heteroatoms. The van der Waals surface area contributed by atoms with Crippen molar-refractivity contribution >= 4 is 0 Å². The van der Waals surface area contributed by atoms with Crippen LogP contribution in [0.3, 0.4) is 0 Å². The standard InChI is InChI=1S/C9H13N5O2/c1-14-5-3-6(12-14)8-11-9(16-13-8)7(15)2-4-10/h3,5,7,15H,2,4,10H2,1H3/t7-/m0/s1. The monoisotopic (exact) mass is 223 g/mol. The van der Waals surface area contributed by atoms with E-state index in [1.54, 1.807) is 24.0 Å². The lowest BCUT2D eigenvalue weighted by molar-refractivity contribution is 0.127. The third-order valence-electron chi connectivity index (χ3n) is 2.11. The van der Waals surface area contributed by atoms with E-state index in [-0.39, 0.29) is 5.89 Å². The van der Waals surface area contributed by atoms with Crippen LogP contribution in [0.1, 0.15) is 18.4 Å². The summed E-state index contributed by atoms with van der Waals surface area (Å²) in [5.74, 6) is 0.540. The van der Waals surface area contributed by atoms with Gasteiger partial charge in [-0.25, -0.2) is 0 Å². The summed E-state index contributed by atoms with van der Waals surface area (Å²) in [7, 11) is 1.80. The Bertz CT molecular complexity index is 464. The molecule has 0 aliphatic heterocycles. The summed E-state index contributed by atoms with van der Waals surface area (Å²) in [4.78, 5) is 4.05. The van der Waals surface area contributed by atoms with Crippen LogP contribution >= 0.6 is 0 Å². The number of aromatic nitrogens is 4. The molecule has 0 aliphatic carbocycles. The molecule has 0 saturated heterocycles. The first-order chi connectivity index (χ1) is 7.70. The van der Waals surface area contributed by atoms with Crippen molar-refractivity contribution < 1.29 is 9.63 Å². The molecule has 1 atom stereocenters. The molecule has 7 nitrogen and oxygen atoms in total. The van der Waals surface area contributed by atoms with Gasteiger partial charge >= 0.3 is 0 Å². The summed E-state index contributed by atoms with van der Waals surface area (Å²) in [6.07, 6.45) is 1.36. The summed E-state index contributed by atoms with van der Waals surface area (Å²) in [6, 6.07) is 1.77. The van der Waals surface area contributed by atoms with Gasteiger partial charge in [-0.05, 0) is 19.0 Å². The average molecular weight is 223 g/mol. The zero-order chi connectivity index (χ0) is 11.5. The maximum absolute atomic E-state index is 9.58. The van der Waals surface area contributed by atoms with E-state index in [4.69, 9.17) is 10.3 Å². The summed E-state index contributed by atoms with van der Waals surface area (Å²) in [5.41, 5.74) is 5.93. The van der Waals surface area contributed by atoms with Crippen LogP contribution < -0.4 is 5.73 Å². The van der Waals surface area contributed by atoms with Gasteiger partial charge in [-0.3, -0.25) is 4.68 Å². The second kappa shape index (κ2) is 4.42. The Morgan fingerprint density at radius 3 is 3.06 bits per heavy atom. The van der Waals surface area contributed by atoms with E-state index < -0.39 is 6.10 Å². The molecule has 0 aliphatic rings. The van der Waals surface area contributed by atoms with Crippen molar-refractivity contribution in [2.75, 3.05) is 6.54 Å². The number of aryl methyl sites for hydroxylation is 1. The second-order valence-corrected chi connectivity index (χ2v) is 3.42. The first-order valence-electron chi connectivity index (χ1n) is 4.92. The van der Waals surface area contributed by atoms with Crippen molar-refractivity contribution in [3.8, 4) is 11.5 Å². The van der Waals surface area contributed by atoms with Crippen molar-refractivity contribution in [2.24, 2.45) is 12.8 Å². The fourth-order valence-corrected chi connectivity index (χ4v) is 1.29. The van der Waals surface area contributed by atoms with Gasteiger partial charge in [-0.15, -0.1) is 0 Å². The van der Waals surface area contributed by atoms with Gasteiger partial charge in [0.15, 0.2) is 0 Å². The van der Waals surface area contributed by atoms with E-state index >= 15 is 0 Å². The minimum Gasteiger partial charge on any atom is -0.383 e. The Morgan fingerprint density at radius 1 is 1.62 bits per heavy atom. The molecule has 0 aromatic carbocycles. The highest BCUT2D eigenvalue weighted by atomic mass is 16.5. The van der Waals surface area contributed by atoms with Gasteiger partial charge in [0.1, 0.15) is 11.8 Å². The first kappa shape index (κ1) is 10.8. The number of aliphatic hydroxyl groups is 1. The molecule has 0 fully saturated rings. The predicted octanol–water partition coefficient (Wildman–Crippen LogP) is -0.148. The number of hydrogen-bond donors (Lipinski definition) is 2. The summed E-state index contributed by atoms with van der Waals surface area (Å²) in [5, 5.41) is 17.4. The van der Waals surface area contributed by atoms with Crippen LogP contribution in [-0.4, -0.2) is 31.6 Å². The zero-order valence-electron chi connectivity index (χ0n) is 8.87. The molecule has 0 spiro atoms. The van der Waals surface area contributed by atoms with Crippen molar-refractivity contribution in [1.29, 1.82) is 0 Å². The minimum atomic E-state index is -0.810. The fourth-order valence-electron chi connectivity index (χ4n) is 1.29. The van der Waals surface area contributed by atoms with Crippen LogP contribution in [0.25, 0.3) is 11.5 Å².